The summed E-state index contributed by atoms with van der Waals surface area (Å²) in [4.78, 5) is 27.5. The van der Waals surface area contributed by atoms with E-state index in [9.17, 15) is 9.59 Å². The van der Waals surface area contributed by atoms with E-state index in [-0.39, 0.29) is 11.8 Å². The maximum atomic E-state index is 13.2. The topological polar surface area (TPSA) is 49.4 Å². The molecule has 1 N–H and O–H groups in total. The zero-order chi connectivity index (χ0) is 23.0. The monoisotopic (exact) mass is 462 g/mol. The Morgan fingerprint density at radius 3 is 2.13 bits per heavy atom. The van der Waals surface area contributed by atoms with Gasteiger partial charge in [-0.05, 0) is 54.5 Å². The van der Waals surface area contributed by atoms with Crippen LogP contribution in [0.25, 0.3) is 0 Å². The number of carbonyl (C=O) groups excluding carboxylic acids is 2. The van der Waals surface area contributed by atoms with E-state index in [0.29, 0.717) is 41.9 Å². The number of hydrogen-bond acceptors (Lipinski definition) is 2. The van der Waals surface area contributed by atoms with Gasteiger partial charge in [-0.3, -0.25) is 9.59 Å². The van der Waals surface area contributed by atoms with Crippen LogP contribution in [-0.4, -0.2) is 29.3 Å². The van der Waals surface area contributed by atoms with Gasteiger partial charge in [-0.2, -0.15) is 0 Å². The maximum absolute atomic E-state index is 13.2. The van der Waals surface area contributed by atoms with Crippen LogP contribution in [0.4, 0.5) is 0 Å². The molecule has 0 aliphatic carbocycles. The molecule has 0 radical (unpaired) electrons. The van der Waals surface area contributed by atoms with Crippen LogP contribution in [-0.2, 0) is 29.0 Å². The molecule has 0 bridgehead atoms. The first-order valence-electron chi connectivity index (χ1n) is 10.8. The van der Waals surface area contributed by atoms with Crippen LogP contribution in [0, 0.1) is 5.92 Å². The maximum Gasteiger partial charge on any atom is 0.242 e. The van der Waals surface area contributed by atoms with Crippen molar-refractivity contribution < 1.29 is 9.59 Å². The molecule has 0 unspecified atom stereocenters. The molecule has 0 aliphatic rings. The Morgan fingerprint density at radius 1 is 0.935 bits per heavy atom. The highest BCUT2D eigenvalue weighted by Gasteiger charge is 2.26. The summed E-state index contributed by atoms with van der Waals surface area (Å²) in [6.07, 6.45) is 1.94. The number of halogens is 2. The first kappa shape index (κ1) is 25.2. The average Bonchev–Trinajstić information content (AvgIpc) is 2.76. The fraction of sp³-hybridized carbons (Fsp3) is 0.440. The number of rotatable bonds is 10. The molecule has 0 saturated carbocycles. The molecule has 0 aromatic heterocycles. The van der Waals surface area contributed by atoms with Gasteiger partial charge in [0.2, 0.25) is 11.8 Å². The van der Waals surface area contributed by atoms with Crippen LogP contribution in [0.3, 0.4) is 0 Å². The van der Waals surface area contributed by atoms with Crippen molar-refractivity contribution in [2.45, 2.75) is 59.5 Å². The van der Waals surface area contributed by atoms with E-state index in [1.165, 1.54) is 5.56 Å². The average molecular weight is 463 g/mol. The lowest BCUT2D eigenvalue weighted by Gasteiger charge is -2.29. The highest BCUT2D eigenvalue weighted by molar-refractivity contribution is 6.42. The summed E-state index contributed by atoms with van der Waals surface area (Å²) in [5, 5.41) is 3.82. The van der Waals surface area contributed by atoms with Gasteiger partial charge in [0.15, 0.2) is 0 Å². The number of aryl methyl sites for hydroxylation is 2. The van der Waals surface area contributed by atoms with Crippen molar-refractivity contribution >= 4 is 35.0 Å². The Balaban J connectivity index is 2.14. The van der Waals surface area contributed by atoms with Crippen LogP contribution in [0.1, 0.15) is 50.8 Å². The molecule has 2 amide bonds. The van der Waals surface area contributed by atoms with Gasteiger partial charge in [-0.1, -0.05) is 74.3 Å². The Labute approximate surface area is 195 Å². The molecule has 0 saturated heterocycles. The van der Waals surface area contributed by atoms with Crippen molar-refractivity contribution in [3.8, 4) is 0 Å². The zero-order valence-corrected chi connectivity index (χ0v) is 20.3. The van der Waals surface area contributed by atoms with Gasteiger partial charge in [0, 0.05) is 19.5 Å². The minimum Gasteiger partial charge on any atom is -0.354 e. The molecule has 4 nitrogen and oxygen atoms in total. The first-order chi connectivity index (χ1) is 14.7. The quantitative estimate of drug-likeness (QED) is 0.493. The number of benzene rings is 2. The van der Waals surface area contributed by atoms with Crippen LogP contribution in [0.5, 0.6) is 0 Å². The van der Waals surface area contributed by atoms with E-state index >= 15 is 0 Å². The molecule has 2 aromatic carbocycles. The summed E-state index contributed by atoms with van der Waals surface area (Å²) in [5.74, 6) is 0.105. The fourth-order valence-electron chi connectivity index (χ4n) is 3.21. The third-order valence-corrected chi connectivity index (χ3v) is 5.99. The van der Waals surface area contributed by atoms with Crippen molar-refractivity contribution in [3.63, 3.8) is 0 Å². The lowest BCUT2D eigenvalue weighted by atomic mass is 10.0. The van der Waals surface area contributed by atoms with Gasteiger partial charge in [0.05, 0.1) is 10.0 Å². The third-order valence-electron chi connectivity index (χ3n) is 5.25. The first-order valence-corrected chi connectivity index (χ1v) is 11.6. The minimum absolute atomic E-state index is 0.0714. The van der Waals surface area contributed by atoms with Crippen LogP contribution in [0.2, 0.25) is 10.0 Å². The third kappa shape index (κ3) is 7.86. The van der Waals surface area contributed by atoms with Crippen molar-refractivity contribution in [2.24, 2.45) is 5.92 Å². The molecular weight excluding hydrogens is 431 g/mol. The Hall–Kier alpha value is -2.04. The molecule has 0 heterocycles. The second-order valence-electron chi connectivity index (χ2n) is 8.26. The van der Waals surface area contributed by atoms with E-state index in [1.807, 2.05) is 19.9 Å². The van der Waals surface area contributed by atoms with Crippen LogP contribution in [0.15, 0.2) is 42.5 Å². The minimum atomic E-state index is -0.594. The largest absolute Gasteiger partial charge is 0.354 e. The van der Waals surface area contributed by atoms with Crippen molar-refractivity contribution in [1.29, 1.82) is 0 Å². The fourth-order valence-corrected chi connectivity index (χ4v) is 3.53. The molecule has 0 spiro atoms. The summed E-state index contributed by atoms with van der Waals surface area (Å²) in [6.45, 7) is 8.82. The van der Waals surface area contributed by atoms with Gasteiger partial charge in [0.25, 0.3) is 0 Å². The predicted octanol–water partition coefficient (Wildman–Crippen LogP) is 5.68. The molecule has 2 aromatic rings. The van der Waals surface area contributed by atoms with Crippen molar-refractivity contribution in [3.05, 3.63) is 69.2 Å². The summed E-state index contributed by atoms with van der Waals surface area (Å²) in [5.41, 5.74) is 3.21. The molecule has 6 heteroatoms. The van der Waals surface area contributed by atoms with Gasteiger partial charge >= 0.3 is 0 Å². The number of hydrogen-bond donors (Lipinski definition) is 1. The summed E-state index contributed by atoms with van der Waals surface area (Å²) >= 11 is 12.2. The smallest absolute Gasteiger partial charge is 0.242 e. The number of carbonyl (C=O) groups is 2. The SMILES string of the molecule is CCc1ccc(CCC(=O)N(Cc2ccc(Cl)c(Cl)c2)[C@@H](C)C(=O)NCC(C)C)cc1. The van der Waals surface area contributed by atoms with Gasteiger partial charge in [0.1, 0.15) is 6.04 Å². The summed E-state index contributed by atoms with van der Waals surface area (Å²) in [6, 6.07) is 13.0. The van der Waals surface area contributed by atoms with E-state index in [2.05, 4.69) is 36.5 Å². The Kier molecular flexibility index (Phi) is 9.86. The number of nitrogens with one attached hydrogen (secondary N) is 1. The second kappa shape index (κ2) is 12.1. The predicted molar refractivity (Wildman–Crippen MR) is 128 cm³/mol. The van der Waals surface area contributed by atoms with E-state index < -0.39 is 6.04 Å². The molecular formula is C25H32Cl2N2O2. The highest BCUT2D eigenvalue weighted by atomic mass is 35.5. The van der Waals surface area contributed by atoms with Crippen molar-refractivity contribution in [1.82, 2.24) is 10.2 Å². The van der Waals surface area contributed by atoms with E-state index in [1.54, 1.807) is 24.0 Å². The molecule has 0 aliphatic heterocycles. The van der Waals surface area contributed by atoms with Crippen molar-refractivity contribution in [2.75, 3.05) is 6.54 Å². The van der Waals surface area contributed by atoms with E-state index in [4.69, 9.17) is 23.2 Å². The van der Waals surface area contributed by atoms with E-state index in [0.717, 1.165) is 17.5 Å². The summed E-state index contributed by atoms with van der Waals surface area (Å²) < 4.78 is 0. The van der Waals surface area contributed by atoms with Crippen LogP contribution >= 0.6 is 23.2 Å². The standard InChI is InChI=1S/C25H32Cl2N2O2/c1-5-19-6-8-20(9-7-19)11-13-24(30)29(18(4)25(31)28-15-17(2)3)16-21-10-12-22(26)23(27)14-21/h6-10,12,14,17-18H,5,11,13,15-16H2,1-4H3,(H,28,31)/t18-/m0/s1. The Bertz CT molecular complexity index is 882. The lowest BCUT2D eigenvalue weighted by molar-refractivity contribution is -0.140. The summed E-state index contributed by atoms with van der Waals surface area (Å²) in [7, 11) is 0. The molecule has 31 heavy (non-hydrogen) atoms. The molecule has 168 valence electrons. The lowest BCUT2D eigenvalue weighted by Crippen LogP contribution is -2.48. The molecule has 1 atom stereocenters. The van der Waals surface area contributed by atoms with Gasteiger partial charge in [-0.25, -0.2) is 0 Å². The number of nitrogens with zero attached hydrogens (tertiary/aromatic N) is 1. The second-order valence-corrected chi connectivity index (χ2v) is 9.07. The normalized spacial score (nSPS) is 12.0. The van der Waals surface area contributed by atoms with Crippen LogP contribution < -0.4 is 5.32 Å². The van der Waals surface area contributed by atoms with Gasteiger partial charge in [-0.15, -0.1) is 0 Å². The zero-order valence-electron chi connectivity index (χ0n) is 18.8. The molecule has 0 fully saturated rings. The highest BCUT2D eigenvalue weighted by Crippen LogP contribution is 2.24. The van der Waals surface area contributed by atoms with Gasteiger partial charge < -0.3 is 10.2 Å². The Morgan fingerprint density at radius 2 is 1.55 bits per heavy atom. The number of amides is 2. The molecule has 2 rings (SSSR count).